The van der Waals surface area contributed by atoms with Crippen molar-refractivity contribution in [3.8, 4) is 0 Å². The van der Waals surface area contributed by atoms with Crippen molar-refractivity contribution in [2.45, 2.75) is 0 Å². The molecule has 3 N–H and O–H groups in total. The zero-order chi connectivity index (χ0) is 12.4. The number of hydrogen-bond acceptors (Lipinski definition) is 2. The molecule has 17 heavy (non-hydrogen) atoms. The molecule has 0 aliphatic heterocycles. The van der Waals surface area contributed by atoms with E-state index in [0.29, 0.717) is 5.02 Å². The lowest BCUT2D eigenvalue weighted by Crippen LogP contribution is -1.95. The molecule has 0 aliphatic carbocycles. The van der Waals surface area contributed by atoms with Crippen molar-refractivity contribution in [1.29, 1.82) is 0 Å². The molecule has 0 saturated heterocycles. The Morgan fingerprint density at radius 1 is 1.12 bits per heavy atom. The molecule has 5 heteroatoms. The Morgan fingerprint density at radius 2 is 1.88 bits per heavy atom. The number of nitrogen functional groups attached to an aromatic ring is 1. The quantitative estimate of drug-likeness (QED) is 0.525. The zero-order valence-electron chi connectivity index (χ0n) is 8.68. The number of nitrogens with one attached hydrogen (secondary N) is 1. The summed E-state index contributed by atoms with van der Waals surface area (Å²) in [5.74, 6) is 0. The molecule has 0 fully saturated rings. The predicted molar refractivity (Wildman–Crippen MR) is 86.0 cm³/mol. The maximum absolute atomic E-state index is 6.12. The first kappa shape index (κ1) is 13.0. The largest absolute Gasteiger partial charge is 0.399 e. The van der Waals surface area contributed by atoms with Gasteiger partial charge in [-0.3, -0.25) is 0 Å². The normalized spacial score (nSPS) is 10.3. The van der Waals surface area contributed by atoms with E-state index in [1.54, 1.807) is 0 Å². The van der Waals surface area contributed by atoms with Crippen LogP contribution in [0, 0.1) is 3.57 Å². The zero-order valence-corrected chi connectivity index (χ0v) is 13.2. The van der Waals surface area contributed by atoms with E-state index in [-0.39, 0.29) is 0 Å². The van der Waals surface area contributed by atoms with Gasteiger partial charge in [0.15, 0.2) is 0 Å². The highest BCUT2D eigenvalue weighted by Gasteiger charge is 2.04. The van der Waals surface area contributed by atoms with Crippen LogP contribution in [-0.4, -0.2) is 0 Å². The van der Waals surface area contributed by atoms with Crippen LogP contribution in [0.15, 0.2) is 40.9 Å². The van der Waals surface area contributed by atoms with Gasteiger partial charge >= 0.3 is 0 Å². The van der Waals surface area contributed by atoms with Crippen LogP contribution in [0.3, 0.4) is 0 Å². The monoisotopic (exact) mass is 422 g/mol. The van der Waals surface area contributed by atoms with Crippen molar-refractivity contribution >= 4 is 67.2 Å². The van der Waals surface area contributed by atoms with Crippen LogP contribution >= 0.6 is 50.1 Å². The van der Waals surface area contributed by atoms with Gasteiger partial charge in [0.05, 0.1) is 16.4 Å². The Bertz CT molecular complexity index is 560. The van der Waals surface area contributed by atoms with Gasteiger partial charge in [0, 0.05) is 13.7 Å². The molecule has 2 rings (SSSR count). The molecular formula is C12H9BrClIN2. The number of hydrogen-bond donors (Lipinski definition) is 2. The highest BCUT2D eigenvalue weighted by molar-refractivity contribution is 14.1. The smallest absolute Gasteiger partial charge is 0.0641 e. The molecule has 88 valence electrons. The maximum atomic E-state index is 6.12. The summed E-state index contributed by atoms with van der Waals surface area (Å²) in [6, 6.07) is 11.4. The van der Waals surface area contributed by atoms with Gasteiger partial charge in [-0.2, -0.15) is 0 Å². The van der Waals surface area contributed by atoms with Crippen LogP contribution in [0.5, 0.6) is 0 Å². The van der Waals surface area contributed by atoms with Crippen LogP contribution in [0.4, 0.5) is 17.1 Å². The van der Waals surface area contributed by atoms with Crippen molar-refractivity contribution in [1.82, 2.24) is 0 Å². The summed E-state index contributed by atoms with van der Waals surface area (Å²) in [4.78, 5) is 0. The summed E-state index contributed by atoms with van der Waals surface area (Å²) in [5.41, 5.74) is 8.31. The molecule has 0 heterocycles. The first-order valence-electron chi connectivity index (χ1n) is 4.83. The summed E-state index contributed by atoms with van der Waals surface area (Å²) >= 11 is 11.8. The van der Waals surface area contributed by atoms with Gasteiger partial charge in [0.1, 0.15) is 0 Å². The SMILES string of the molecule is Nc1ccc(Nc2cc(Br)ccc2Cl)c(I)c1. The lowest BCUT2D eigenvalue weighted by Gasteiger charge is -2.11. The number of nitrogens with two attached hydrogens (primary N) is 1. The molecular weight excluding hydrogens is 414 g/mol. The Balaban J connectivity index is 2.34. The molecule has 2 aromatic rings. The van der Waals surface area contributed by atoms with Gasteiger partial charge in [-0.25, -0.2) is 0 Å². The molecule has 0 aromatic heterocycles. The second-order valence-electron chi connectivity index (χ2n) is 3.49. The van der Waals surface area contributed by atoms with Crippen LogP contribution < -0.4 is 11.1 Å². The molecule has 0 aliphatic rings. The van der Waals surface area contributed by atoms with Crippen molar-refractivity contribution in [3.05, 3.63) is 49.5 Å². The minimum atomic E-state index is 0.681. The van der Waals surface area contributed by atoms with Gasteiger partial charge in [-0.1, -0.05) is 27.5 Å². The Hall–Kier alpha value is -0.460. The van der Waals surface area contributed by atoms with Gasteiger partial charge in [-0.05, 0) is 59.0 Å². The summed E-state index contributed by atoms with van der Waals surface area (Å²) in [5, 5.41) is 3.96. The summed E-state index contributed by atoms with van der Waals surface area (Å²) in [6.45, 7) is 0. The third kappa shape index (κ3) is 3.26. The Morgan fingerprint density at radius 3 is 2.59 bits per heavy atom. The minimum absolute atomic E-state index is 0.681. The second kappa shape index (κ2) is 5.46. The first-order valence-corrected chi connectivity index (χ1v) is 7.08. The molecule has 0 radical (unpaired) electrons. The van der Waals surface area contributed by atoms with Crippen LogP contribution in [-0.2, 0) is 0 Å². The molecule has 0 unspecified atom stereocenters. The molecule has 0 amide bonds. The molecule has 2 aromatic carbocycles. The standard InChI is InChI=1S/C12H9BrClIN2/c13-7-1-3-9(14)12(5-7)17-11-4-2-8(16)6-10(11)15/h1-6,17H,16H2. The molecule has 0 saturated carbocycles. The molecule has 0 spiro atoms. The van der Waals surface area contributed by atoms with Gasteiger partial charge in [-0.15, -0.1) is 0 Å². The molecule has 0 atom stereocenters. The van der Waals surface area contributed by atoms with Crippen molar-refractivity contribution in [2.75, 3.05) is 11.1 Å². The maximum Gasteiger partial charge on any atom is 0.0641 e. The Labute approximate surface area is 127 Å². The van der Waals surface area contributed by atoms with E-state index in [0.717, 1.165) is 25.1 Å². The number of benzene rings is 2. The van der Waals surface area contributed by atoms with E-state index in [1.165, 1.54) is 0 Å². The summed E-state index contributed by atoms with van der Waals surface area (Å²) in [7, 11) is 0. The topological polar surface area (TPSA) is 38.0 Å². The van der Waals surface area contributed by atoms with Crippen LogP contribution in [0.25, 0.3) is 0 Å². The fraction of sp³-hybridized carbons (Fsp3) is 0. The van der Waals surface area contributed by atoms with E-state index >= 15 is 0 Å². The Kier molecular flexibility index (Phi) is 4.17. The van der Waals surface area contributed by atoms with E-state index in [4.69, 9.17) is 17.3 Å². The van der Waals surface area contributed by atoms with Gasteiger partial charge in [0.2, 0.25) is 0 Å². The number of halogens is 3. The van der Waals surface area contributed by atoms with Crippen LogP contribution in [0.1, 0.15) is 0 Å². The number of rotatable bonds is 2. The van der Waals surface area contributed by atoms with E-state index in [2.05, 4.69) is 43.8 Å². The highest BCUT2D eigenvalue weighted by Crippen LogP contribution is 2.31. The van der Waals surface area contributed by atoms with Crippen molar-refractivity contribution in [3.63, 3.8) is 0 Å². The van der Waals surface area contributed by atoms with Crippen LogP contribution in [0.2, 0.25) is 5.02 Å². The van der Waals surface area contributed by atoms with Crippen molar-refractivity contribution in [2.24, 2.45) is 0 Å². The average Bonchev–Trinajstić information content (AvgIpc) is 2.27. The van der Waals surface area contributed by atoms with Gasteiger partial charge in [0.25, 0.3) is 0 Å². The predicted octanol–water partition coefficient (Wildman–Crippen LogP) is 5.03. The lowest BCUT2D eigenvalue weighted by atomic mass is 10.2. The third-order valence-corrected chi connectivity index (χ3v) is 3.91. The number of anilines is 3. The van der Waals surface area contributed by atoms with E-state index in [9.17, 15) is 0 Å². The first-order chi connectivity index (χ1) is 8.06. The highest BCUT2D eigenvalue weighted by atomic mass is 127. The molecule has 2 nitrogen and oxygen atoms in total. The lowest BCUT2D eigenvalue weighted by molar-refractivity contribution is 1.51. The average molecular weight is 423 g/mol. The second-order valence-corrected chi connectivity index (χ2v) is 5.97. The van der Waals surface area contributed by atoms with E-state index in [1.807, 2.05) is 36.4 Å². The summed E-state index contributed by atoms with van der Waals surface area (Å²) < 4.78 is 2.04. The fourth-order valence-electron chi connectivity index (χ4n) is 1.37. The van der Waals surface area contributed by atoms with Crippen molar-refractivity contribution < 1.29 is 0 Å². The minimum Gasteiger partial charge on any atom is -0.399 e. The van der Waals surface area contributed by atoms with E-state index < -0.39 is 0 Å². The fourth-order valence-corrected chi connectivity index (χ4v) is 2.57. The summed E-state index contributed by atoms with van der Waals surface area (Å²) in [6.07, 6.45) is 0. The third-order valence-electron chi connectivity index (χ3n) is 2.19. The van der Waals surface area contributed by atoms with Gasteiger partial charge < -0.3 is 11.1 Å². The molecule has 0 bridgehead atoms.